The highest BCUT2D eigenvalue weighted by atomic mass is 19.2. The summed E-state index contributed by atoms with van der Waals surface area (Å²) in [6.07, 6.45) is 0. The molecule has 132 valence electrons. The van der Waals surface area contributed by atoms with Gasteiger partial charge in [0.1, 0.15) is 19.3 Å². The number of carbonyl (C=O) groups excluding carboxylic acids is 1. The van der Waals surface area contributed by atoms with Crippen molar-refractivity contribution in [3.63, 3.8) is 0 Å². The van der Waals surface area contributed by atoms with Crippen LogP contribution in [0.3, 0.4) is 0 Å². The number of benzene rings is 2. The van der Waals surface area contributed by atoms with E-state index in [0.29, 0.717) is 30.4 Å². The summed E-state index contributed by atoms with van der Waals surface area (Å²) in [6.45, 7) is 2.35. The maximum Gasteiger partial charge on any atom is 0.246 e. The average Bonchev–Trinajstić information content (AvgIpc) is 2.62. The minimum absolute atomic E-state index is 0.381. The van der Waals surface area contributed by atoms with Crippen LogP contribution < -0.4 is 20.1 Å². The molecule has 0 bridgehead atoms. The summed E-state index contributed by atoms with van der Waals surface area (Å²) in [4.78, 5) is 12.2. The van der Waals surface area contributed by atoms with Gasteiger partial charge >= 0.3 is 0 Å². The van der Waals surface area contributed by atoms with Gasteiger partial charge in [-0.2, -0.15) is 0 Å². The van der Waals surface area contributed by atoms with Crippen molar-refractivity contribution in [1.82, 2.24) is 0 Å². The van der Waals surface area contributed by atoms with Crippen molar-refractivity contribution >= 4 is 17.3 Å². The molecule has 0 unspecified atom stereocenters. The summed E-state index contributed by atoms with van der Waals surface area (Å²) in [6, 6.07) is 6.07. The van der Waals surface area contributed by atoms with Gasteiger partial charge in [0.05, 0.1) is 11.4 Å². The SMILES string of the molecule is C[C@@H](Nc1cccc2c1OCCO2)C(=O)Nc1ccc(F)c(F)c1F. The van der Waals surface area contributed by atoms with E-state index in [1.807, 2.05) is 0 Å². The Labute approximate surface area is 141 Å². The zero-order valence-corrected chi connectivity index (χ0v) is 13.2. The van der Waals surface area contributed by atoms with Crippen LogP contribution in [0, 0.1) is 17.5 Å². The normalized spacial score (nSPS) is 13.9. The molecular weight excluding hydrogens is 337 g/mol. The van der Waals surface area contributed by atoms with Crippen LogP contribution in [-0.4, -0.2) is 25.2 Å². The lowest BCUT2D eigenvalue weighted by Crippen LogP contribution is -2.32. The summed E-state index contributed by atoms with van der Waals surface area (Å²) in [5, 5.41) is 5.15. The molecule has 0 aromatic heterocycles. The minimum Gasteiger partial charge on any atom is -0.486 e. The van der Waals surface area contributed by atoms with Gasteiger partial charge in [0, 0.05) is 0 Å². The third kappa shape index (κ3) is 3.47. The second kappa shape index (κ2) is 6.92. The van der Waals surface area contributed by atoms with Gasteiger partial charge in [0.15, 0.2) is 29.0 Å². The summed E-state index contributed by atoms with van der Waals surface area (Å²) < 4.78 is 50.8. The Morgan fingerprint density at radius 2 is 1.80 bits per heavy atom. The van der Waals surface area contributed by atoms with Crippen molar-refractivity contribution in [2.75, 3.05) is 23.8 Å². The predicted octanol–water partition coefficient (Wildman–Crippen LogP) is 3.31. The molecule has 1 atom stereocenters. The first kappa shape index (κ1) is 16.9. The van der Waals surface area contributed by atoms with Gasteiger partial charge in [0.25, 0.3) is 0 Å². The third-order valence-electron chi connectivity index (χ3n) is 3.62. The second-order valence-corrected chi connectivity index (χ2v) is 5.41. The Balaban J connectivity index is 1.73. The van der Waals surface area contributed by atoms with E-state index in [9.17, 15) is 18.0 Å². The molecule has 0 spiro atoms. The number of hydrogen-bond donors (Lipinski definition) is 2. The summed E-state index contributed by atoms with van der Waals surface area (Å²) in [5.74, 6) is -4.01. The second-order valence-electron chi connectivity index (χ2n) is 5.41. The Morgan fingerprint density at radius 3 is 2.60 bits per heavy atom. The highest BCUT2D eigenvalue weighted by Gasteiger charge is 2.21. The van der Waals surface area contributed by atoms with Gasteiger partial charge in [-0.3, -0.25) is 4.79 Å². The van der Waals surface area contributed by atoms with Crippen LogP contribution in [0.15, 0.2) is 30.3 Å². The standard InChI is InChI=1S/C17H15F3N2O3/c1-9(17(23)22-11-6-5-10(18)14(19)15(11)20)21-12-3-2-4-13-16(12)25-8-7-24-13/h2-6,9,21H,7-8H2,1H3,(H,22,23)/t9-/m1/s1. The Morgan fingerprint density at radius 1 is 1.04 bits per heavy atom. The minimum atomic E-state index is -1.64. The largest absolute Gasteiger partial charge is 0.486 e. The molecule has 2 aromatic rings. The van der Waals surface area contributed by atoms with Gasteiger partial charge in [-0.15, -0.1) is 0 Å². The van der Waals surface area contributed by atoms with E-state index in [2.05, 4.69) is 10.6 Å². The third-order valence-corrected chi connectivity index (χ3v) is 3.62. The van der Waals surface area contributed by atoms with Crippen LogP contribution in [0.4, 0.5) is 24.5 Å². The maximum absolute atomic E-state index is 13.7. The van der Waals surface area contributed by atoms with E-state index >= 15 is 0 Å². The Hall–Kier alpha value is -2.90. The first-order chi connectivity index (χ1) is 12.0. The van der Waals surface area contributed by atoms with Crippen molar-refractivity contribution in [3.8, 4) is 11.5 Å². The molecule has 0 fully saturated rings. The molecule has 1 heterocycles. The van der Waals surface area contributed by atoms with Crippen molar-refractivity contribution in [3.05, 3.63) is 47.8 Å². The average molecular weight is 352 g/mol. The first-order valence-electron chi connectivity index (χ1n) is 7.57. The zero-order chi connectivity index (χ0) is 18.0. The number of nitrogens with one attached hydrogen (secondary N) is 2. The number of carbonyl (C=O) groups is 1. The lowest BCUT2D eigenvalue weighted by molar-refractivity contribution is -0.116. The molecule has 8 heteroatoms. The highest BCUT2D eigenvalue weighted by Crippen LogP contribution is 2.37. The Bertz CT molecular complexity index is 814. The van der Waals surface area contributed by atoms with E-state index in [-0.39, 0.29) is 0 Å². The number of rotatable bonds is 4. The molecule has 1 amide bonds. The van der Waals surface area contributed by atoms with Crippen molar-refractivity contribution < 1.29 is 27.4 Å². The predicted molar refractivity (Wildman–Crippen MR) is 85.5 cm³/mol. The van der Waals surface area contributed by atoms with E-state index < -0.39 is 35.1 Å². The molecule has 0 saturated carbocycles. The van der Waals surface area contributed by atoms with Crippen LogP contribution in [0.25, 0.3) is 0 Å². The molecule has 0 radical (unpaired) electrons. The van der Waals surface area contributed by atoms with Crippen LogP contribution >= 0.6 is 0 Å². The fourth-order valence-electron chi connectivity index (χ4n) is 2.35. The lowest BCUT2D eigenvalue weighted by atomic mass is 10.2. The quantitative estimate of drug-likeness (QED) is 0.829. The first-order valence-corrected chi connectivity index (χ1v) is 7.57. The van der Waals surface area contributed by atoms with Crippen LogP contribution in [0.5, 0.6) is 11.5 Å². The molecule has 3 rings (SSSR count). The molecule has 0 saturated heterocycles. The van der Waals surface area contributed by atoms with Crippen molar-refractivity contribution in [2.45, 2.75) is 13.0 Å². The number of anilines is 2. The number of ether oxygens (including phenoxy) is 2. The zero-order valence-electron chi connectivity index (χ0n) is 13.2. The van der Waals surface area contributed by atoms with Gasteiger partial charge in [-0.1, -0.05) is 6.07 Å². The molecule has 1 aliphatic rings. The maximum atomic E-state index is 13.7. The highest BCUT2D eigenvalue weighted by molar-refractivity contribution is 5.96. The number of fused-ring (bicyclic) bond motifs is 1. The summed E-state index contributed by atoms with van der Waals surface area (Å²) >= 11 is 0. The molecule has 5 nitrogen and oxygen atoms in total. The monoisotopic (exact) mass is 352 g/mol. The summed E-state index contributed by atoms with van der Waals surface area (Å²) in [7, 11) is 0. The molecule has 2 N–H and O–H groups in total. The fraction of sp³-hybridized carbons (Fsp3) is 0.235. The van der Waals surface area contributed by atoms with Crippen molar-refractivity contribution in [1.29, 1.82) is 0 Å². The van der Waals surface area contributed by atoms with E-state index in [0.717, 1.165) is 12.1 Å². The Kier molecular flexibility index (Phi) is 4.69. The van der Waals surface area contributed by atoms with E-state index in [4.69, 9.17) is 9.47 Å². The van der Waals surface area contributed by atoms with Crippen LogP contribution in [0.1, 0.15) is 6.92 Å². The topological polar surface area (TPSA) is 59.6 Å². The number of amides is 1. The molecule has 25 heavy (non-hydrogen) atoms. The van der Waals surface area contributed by atoms with Gasteiger partial charge in [-0.05, 0) is 31.2 Å². The molecule has 1 aliphatic heterocycles. The van der Waals surface area contributed by atoms with Gasteiger partial charge < -0.3 is 20.1 Å². The fourth-order valence-corrected chi connectivity index (χ4v) is 2.35. The number of hydrogen-bond acceptors (Lipinski definition) is 4. The van der Waals surface area contributed by atoms with Gasteiger partial charge in [0.2, 0.25) is 5.91 Å². The summed E-state index contributed by atoms with van der Waals surface area (Å²) in [5.41, 5.74) is 0.0952. The molecular formula is C17H15F3N2O3. The number of halogens is 3. The van der Waals surface area contributed by atoms with Crippen LogP contribution in [0.2, 0.25) is 0 Å². The lowest BCUT2D eigenvalue weighted by Gasteiger charge is -2.23. The number of para-hydroxylation sites is 1. The van der Waals surface area contributed by atoms with Gasteiger partial charge in [-0.25, -0.2) is 13.2 Å². The van der Waals surface area contributed by atoms with Crippen LogP contribution in [-0.2, 0) is 4.79 Å². The smallest absolute Gasteiger partial charge is 0.246 e. The molecule has 2 aromatic carbocycles. The van der Waals surface area contributed by atoms with E-state index in [1.165, 1.54) is 6.92 Å². The van der Waals surface area contributed by atoms with E-state index in [1.54, 1.807) is 18.2 Å². The molecule has 0 aliphatic carbocycles. The van der Waals surface area contributed by atoms with Crippen molar-refractivity contribution in [2.24, 2.45) is 0 Å².